The molecule has 0 saturated carbocycles. The Kier molecular flexibility index (Phi) is 7.52. The normalized spacial score (nSPS) is 13.9. The average Bonchev–Trinajstić information content (AvgIpc) is 2.52. The minimum Gasteiger partial charge on any atom is -0.372 e. The van der Waals surface area contributed by atoms with E-state index in [2.05, 4.69) is 19.2 Å². The van der Waals surface area contributed by atoms with E-state index >= 15 is 0 Å². The van der Waals surface area contributed by atoms with Crippen molar-refractivity contribution in [2.45, 2.75) is 52.1 Å². The second kappa shape index (κ2) is 8.89. The number of carbonyl (C=O) groups excluding carboxylic acids is 1. The standard InChI is InChI=1S/C18H28FNO2/c1-5-9-14(10-6-2)17(21)20-13-18(3,22-4)15-11-7-8-12-16(15)19/h7-8,11-12,14H,5-6,9-10,13H2,1-4H3,(H,20,21). The summed E-state index contributed by atoms with van der Waals surface area (Å²) in [4.78, 5) is 12.3. The van der Waals surface area contributed by atoms with Crippen molar-refractivity contribution in [3.05, 3.63) is 35.6 Å². The third kappa shape index (κ3) is 4.80. The number of amides is 1. The fourth-order valence-electron chi connectivity index (χ4n) is 2.67. The van der Waals surface area contributed by atoms with Crippen LogP contribution in [0.5, 0.6) is 0 Å². The lowest BCUT2D eigenvalue weighted by molar-refractivity contribution is -0.127. The molecule has 1 unspecified atom stereocenters. The molecule has 0 aromatic heterocycles. The first-order valence-electron chi connectivity index (χ1n) is 8.06. The largest absolute Gasteiger partial charge is 0.372 e. The van der Waals surface area contributed by atoms with E-state index in [1.807, 2.05) is 0 Å². The summed E-state index contributed by atoms with van der Waals surface area (Å²) < 4.78 is 19.5. The zero-order valence-corrected chi connectivity index (χ0v) is 14.1. The molecule has 0 saturated heterocycles. The van der Waals surface area contributed by atoms with Gasteiger partial charge in [0.2, 0.25) is 5.91 Å². The number of benzene rings is 1. The molecule has 124 valence electrons. The van der Waals surface area contributed by atoms with Crippen LogP contribution in [-0.2, 0) is 15.1 Å². The fourth-order valence-corrected chi connectivity index (χ4v) is 2.67. The first-order valence-corrected chi connectivity index (χ1v) is 8.06. The Balaban J connectivity index is 2.78. The molecule has 1 rings (SSSR count). The monoisotopic (exact) mass is 309 g/mol. The third-order valence-electron chi connectivity index (χ3n) is 4.14. The lowest BCUT2D eigenvalue weighted by Gasteiger charge is -2.30. The lowest BCUT2D eigenvalue weighted by atomic mass is 9.93. The van der Waals surface area contributed by atoms with Gasteiger partial charge in [-0.15, -0.1) is 0 Å². The molecule has 0 heterocycles. The van der Waals surface area contributed by atoms with Crippen LogP contribution in [0.25, 0.3) is 0 Å². The van der Waals surface area contributed by atoms with Crippen molar-refractivity contribution in [3.63, 3.8) is 0 Å². The first kappa shape index (κ1) is 18.6. The van der Waals surface area contributed by atoms with Crippen molar-refractivity contribution >= 4 is 5.91 Å². The Morgan fingerprint density at radius 3 is 2.36 bits per heavy atom. The quantitative estimate of drug-likeness (QED) is 0.748. The maximum Gasteiger partial charge on any atom is 0.223 e. The second-order valence-corrected chi connectivity index (χ2v) is 5.91. The molecular formula is C18H28FNO2. The molecular weight excluding hydrogens is 281 g/mol. The van der Waals surface area contributed by atoms with Gasteiger partial charge in [0.25, 0.3) is 0 Å². The van der Waals surface area contributed by atoms with Crippen molar-refractivity contribution in [2.24, 2.45) is 5.92 Å². The van der Waals surface area contributed by atoms with Crippen LogP contribution in [0.3, 0.4) is 0 Å². The van der Waals surface area contributed by atoms with Gasteiger partial charge in [0, 0.05) is 18.6 Å². The summed E-state index contributed by atoms with van der Waals surface area (Å²) in [7, 11) is 1.54. The molecule has 22 heavy (non-hydrogen) atoms. The summed E-state index contributed by atoms with van der Waals surface area (Å²) in [5, 5.41) is 2.94. The Labute approximate surface area is 133 Å². The van der Waals surface area contributed by atoms with Gasteiger partial charge in [-0.2, -0.15) is 0 Å². The number of ether oxygens (including phenoxy) is 1. The van der Waals surface area contributed by atoms with Crippen molar-refractivity contribution in [1.29, 1.82) is 0 Å². The highest BCUT2D eigenvalue weighted by molar-refractivity contribution is 5.78. The summed E-state index contributed by atoms with van der Waals surface area (Å²) in [6, 6.07) is 6.52. The second-order valence-electron chi connectivity index (χ2n) is 5.91. The lowest BCUT2D eigenvalue weighted by Crippen LogP contribution is -2.42. The molecule has 1 atom stereocenters. The van der Waals surface area contributed by atoms with Crippen molar-refractivity contribution in [3.8, 4) is 0 Å². The zero-order valence-electron chi connectivity index (χ0n) is 14.1. The zero-order chi connectivity index (χ0) is 16.6. The highest BCUT2D eigenvalue weighted by Crippen LogP contribution is 2.26. The van der Waals surface area contributed by atoms with Crippen LogP contribution in [0, 0.1) is 11.7 Å². The number of nitrogens with one attached hydrogen (secondary N) is 1. The van der Waals surface area contributed by atoms with Gasteiger partial charge in [-0.25, -0.2) is 4.39 Å². The summed E-state index contributed by atoms with van der Waals surface area (Å²) in [5.74, 6) is -0.264. The first-order chi connectivity index (χ1) is 10.5. The number of halogens is 1. The minimum atomic E-state index is -0.871. The van der Waals surface area contributed by atoms with Crippen molar-refractivity contribution in [2.75, 3.05) is 13.7 Å². The molecule has 0 aliphatic heterocycles. The van der Waals surface area contributed by atoms with Crippen molar-refractivity contribution in [1.82, 2.24) is 5.32 Å². The van der Waals surface area contributed by atoms with Crippen LogP contribution >= 0.6 is 0 Å². The predicted octanol–water partition coefficient (Wildman–Crippen LogP) is 4.02. The summed E-state index contributed by atoms with van der Waals surface area (Å²) >= 11 is 0. The van der Waals surface area contributed by atoms with Crippen molar-refractivity contribution < 1.29 is 13.9 Å². The highest BCUT2D eigenvalue weighted by Gasteiger charge is 2.30. The van der Waals surface area contributed by atoms with Gasteiger partial charge >= 0.3 is 0 Å². The van der Waals surface area contributed by atoms with Crippen LogP contribution in [0.15, 0.2) is 24.3 Å². The molecule has 0 fully saturated rings. The maximum absolute atomic E-state index is 14.0. The maximum atomic E-state index is 14.0. The molecule has 1 amide bonds. The van der Waals surface area contributed by atoms with E-state index in [-0.39, 0.29) is 24.2 Å². The fraction of sp³-hybridized carbons (Fsp3) is 0.611. The molecule has 0 aliphatic rings. The topological polar surface area (TPSA) is 38.3 Å². The van der Waals surface area contributed by atoms with Crippen LogP contribution in [0.1, 0.15) is 52.0 Å². The van der Waals surface area contributed by atoms with E-state index in [0.717, 1.165) is 25.7 Å². The number of rotatable bonds is 9. The number of hydrogen-bond acceptors (Lipinski definition) is 2. The van der Waals surface area contributed by atoms with Gasteiger partial charge in [-0.1, -0.05) is 44.9 Å². The molecule has 4 heteroatoms. The van der Waals surface area contributed by atoms with Crippen LogP contribution in [-0.4, -0.2) is 19.6 Å². The van der Waals surface area contributed by atoms with E-state index < -0.39 is 5.60 Å². The predicted molar refractivity (Wildman–Crippen MR) is 87.1 cm³/mol. The molecule has 0 aliphatic carbocycles. The molecule has 0 bridgehead atoms. The van der Waals surface area contributed by atoms with Crippen LogP contribution in [0.4, 0.5) is 4.39 Å². The smallest absolute Gasteiger partial charge is 0.223 e. The van der Waals surface area contributed by atoms with Crippen LogP contribution < -0.4 is 5.32 Å². The number of carbonyl (C=O) groups is 1. The summed E-state index contributed by atoms with van der Waals surface area (Å²) in [6.07, 6.45) is 3.71. The Hall–Kier alpha value is -1.42. The number of hydrogen-bond donors (Lipinski definition) is 1. The Bertz CT molecular complexity index is 472. The van der Waals surface area contributed by atoms with E-state index in [9.17, 15) is 9.18 Å². The highest BCUT2D eigenvalue weighted by atomic mass is 19.1. The molecule has 0 spiro atoms. The minimum absolute atomic E-state index is 0.0247. The Morgan fingerprint density at radius 2 is 1.86 bits per heavy atom. The van der Waals surface area contributed by atoms with Gasteiger partial charge in [0.15, 0.2) is 0 Å². The van der Waals surface area contributed by atoms with E-state index in [1.165, 1.54) is 13.2 Å². The molecule has 3 nitrogen and oxygen atoms in total. The van der Waals surface area contributed by atoms with Gasteiger partial charge < -0.3 is 10.1 Å². The Morgan fingerprint density at radius 1 is 1.27 bits per heavy atom. The van der Waals surface area contributed by atoms with E-state index in [0.29, 0.717) is 5.56 Å². The average molecular weight is 309 g/mol. The van der Waals surface area contributed by atoms with E-state index in [4.69, 9.17) is 4.74 Å². The van der Waals surface area contributed by atoms with Gasteiger partial charge in [-0.3, -0.25) is 4.79 Å². The van der Waals surface area contributed by atoms with Gasteiger partial charge in [-0.05, 0) is 25.8 Å². The number of methoxy groups -OCH3 is 1. The molecule has 0 radical (unpaired) electrons. The molecule has 1 aromatic rings. The SMILES string of the molecule is CCCC(CCC)C(=O)NCC(C)(OC)c1ccccc1F. The van der Waals surface area contributed by atoms with Gasteiger partial charge in [0.1, 0.15) is 11.4 Å². The van der Waals surface area contributed by atoms with E-state index in [1.54, 1.807) is 25.1 Å². The molecule has 1 aromatic carbocycles. The summed E-state index contributed by atoms with van der Waals surface area (Å²) in [5.41, 5.74) is -0.412. The van der Waals surface area contributed by atoms with Crippen LogP contribution in [0.2, 0.25) is 0 Å². The summed E-state index contributed by atoms with van der Waals surface area (Å²) in [6.45, 7) is 6.21. The third-order valence-corrected chi connectivity index (χ3v) is 4.14. The molecule has 1 N–H and O–H groups in total. The van der Waals surface area contributed by atoms with Gasteiger partial charge in [0.05, 0.1) is 6.54 Å².